The topological polar surface area (TPSA) is 63.0 Å². The van der Waals surface area contributed by atoms with Gasteiger partial charge in [-0.15, -0.1) is 5.10 Å². The van der Waals surface area contributed by atoms with E-state index in [2.05, 4.69) is 15.5 Å². The van der Waals surface area contributed by atoms with Crippen LogP contribution in [0.15, 0.2) is 58.7 Å². The Labute approximate surface area is 148 Å². The van der Waals surface area contributed by atoms with Gasteiger partial charge in [0.15, 0.2) is 5.17 Å². The van der Waals surface area contributed by atoms with Gasteiger partial charge in [-0.2, -0.15) is 5.10 Å². The van der Waals surface area contributed by atoms with E-state index in [-0.39, 0.29) is 5.91 Å². The number of amides is 1. The summed E-state index contributed by atoms with van der Waals surface area (Å²) in [6, 6.07) is 15.1. The van der Waals surface area contributed by atoms with Crippen molar-refractivity contribution in [2.45, 2.75) is 6.61 Å². The Kier molecular flexibility index (Phi) is 5.51. The van der Waals surface area contributed by atoms with Crippen LogP contribution in [0.25, 0.3) is 0 Å². The van der Waals surface area contributed by atoms with Gasteiger partial charge in [-0.1, -0.05) is 41.6 Å². The van der Waals surface area contributed by atoms with E-state index in [9.17, 15) is 4.79 Å². The largest absolute Gasteiger partial charge is 0.489 e. The number of carbonyl (C=O) groups is 1. The molecule has 0 aliphatic carbocycles. The van der Waals surface area contributed by atoms with Crippen LogP contribution in [0.5, 0.6) is 5.75 Å². The average molecular weight is 360 g/mol. The zero-order chi connectivity index (χ0) is 16.8. The first-order valence-electron chi connectivity index (χ1n) is 7.21. The number of benzene rings is 2. The number of halogens is 1. The Morgan fingerprint density at radius 2 is 2.00 bits per heavy atom. The van der Waals surface area contributed by atoms with Crippen LogP contribution in [0, 0.1) is 0 Å². The van der Waals surface area contributed by atoms with Gasteiger partial charge in [-0.05, 0) is 35.9 Å². The van der Waals surface area contributed by atoms with Gasteiger partial charge >= 0.3 is 0 Å². The fourth-order valence-corrected chi connectivity index (χ4v) is 2.77. The smallest absolute Gasteiger partial charge is 0.236 e. The molecule has 2 aromatic rings. The molecule has 1 aliphatic rings. The first kappa shape index (κ1) is 16.5. The summed E-state index contributed by atoms with van der Waals surface area (Å²) in [5, 5.41) is 11.7. The molecule has 0 bridgehead atoms. The van der Waals surface area contributed by atoms with E-state index in [0.29, 0.717) is 22.6 Å². The Morgan fingerprint density at radius 3 is 2.71 bits per heavy atom. The molecule has 1 heterocycles. The average Bonchev–Trinajstić information content (AvgIpc) is 3.01. The van der Waals surface area contributed by atoms with Crippen LogP contribution < -0.4 is 10.1 Å². The summed E-state index contributed by atoms with van der Waals surface area (Å²) < 4.78 is 5.72. The number of hydrogen-bond acceptors (Lipinski definition) is 5. The molecule has 3 rings (SSSR count). The normalized spacial score (nSPS) is 15.9. The number of amidine groups is 1. The van der Waals surface area contributed by atoms with E-state index in [1.54, 1.807) is 6.21 Å². The van der Waals surface area contributed by atoms with Gasteiger partial charge in [0.2, 0.25) is 5.91 Å². The van der Waals surface area contributed by atoms with Crippen molar-refractivity contribution in [3.05, 3.63) is 64.7 Å². The Hall–Kier alpha value is -2.31. The van der Waals surface area contributed by atoms with E-state index < -0.39 is 0 Å². The molecule has 0 spiro atoms. The minimum atomic E-state index is -0.0472. The number of nitrogens with one attached hydrogen (secondary N) is 1. The second-order valence-electron chi connectivity index (χ2n) is 4.94. The number of ether oxygens (including phenoxy) is 1. The van der Waals surface area contributed by atoms with Crippen molar-refractivity contribution < 1.29 is 9.53 Å². The highest BCUT2D eigenvalue weighted by atomic mass is 35.5. The zero-order valence-corrected chi connectivity index (χ0v) is 14.2. The van der Waals surface area contributed by atoms with Crippen LogP contribution in [-0.4, -0.2) is 23.0 Å². The Bertz CT molecular complexity index is 791. The van der Waals surface area contributed by atoms with Crippen molar-refractivity contribution in [1.29, 1.82) is 0 Å². The molecule has 0 atom stereocenters. The standard InChI is InChI=1S/C17H14ClN3O2S/c18-15-4-2-1-3-13(15)10-23-14-7-5-12(6-8-14)9-19-21-17-20-16(22)11-24-17/h1-9H,10-11H2,(H,20,21,22)/b19-9-. The summed E-state index contributed by atoms with van der Waals surface area (Å²) in [7, 11) is 0. The molecule has 7 heteroatoms. The van der Waals surface area contributed by atoms with Crippen LogP contribution in [0.1, 0.15) is 11.1 Å². The highest BCUT2D eigenvalue weighted by molar-refractivity contribution is 8.15. The third-order valence-corrected chi connectivity index (χ3v) is 4.41. The van der Waals surface area contributed by atoms with Crippen LogP contribution in [0.4, 0.5) is 0 Å². The van der Waals surface area contributed by atoms with Gasteiger partial charge in [0, 0.05) is 10.6 Å². The molecule has 1 amide bonds. The van der Waals surface area contributed by atoms with Crippen molar-refractivity contribution in [2.24, 2.45) is 10.2 Å². The maximum Gasteiger partial charge on any atom is 0.236 e. The lowest BCUT2D eigenvalue weighted by molar-refractivity contribution is -0.116. The van der Waals surface area contributed by atoms with E-state index in [1.165, 1.54) is 11.8 Å². The summed E-state index contributed by atoms with van der Waals surface area (Å²) in [6.45, 7) is 0.414. The predicted molar refractivity (Wildman–Crippen MR) is 97.9 cm³/mol. The van der Waals surface area contributed by atoms with E-state index in [4.69, 9.17) is 16.3 Å². The summed E-state index contributed by atoms with van der Waals surface area (Å²) in [5.41, 5.74) is 1.83. The van der Waals surface area contributed by atoms with E-state index in [0.717, 1.165) is 16.9 Å². The zero-order valence-electron chi connectivity index (χ0n) is 12.6. The summed E-state index contributed by atoms with van der Waals surface area (Å²) in [6.07, 6.45) is 1.62. The van der Waals surface area contributed by atoms with Gasteiger partial charge < -0.3 is 10.1 Å². The molecule has 1 fully saturated rings. The fourth-order valence-electron chi connectivity index (χ4n) is 1.95. The molecule has 1 N–H and O–H groups in total. The molecule has 1 aliphatic heterocycles. The molecule has 5 nitrogen and oxygen atoms in total. The minimum Gasteiger partial charge on any atom is -0.489 e. The lowest BCUT2D eigenvalue weighted by atomic mass is 10.2. The number of rotatable bonds is 5. The predicted octanol–water partition coefficient (Wildman–Crippen LogP) is 3.47. The number of carbonyl (C=O) groups excluding carboxylic acids is 1. The highest BCUT2D eigenvalue weighted by Crippen LogP contribution is 2.18. The lowest BCUT2D eigenvalue weighted by Crippen LogP contribution is -2.19. The van der Waals surface area contributed by atoms with E-state index >= 15 is 0 Å². The molecule has 0 radical (unpaired) electrons. The van der Waals surface area contributed by atoms with Crippen molar-refractivity contribution in [3.8, 4) is 5.75 Å². The Balaban J connectivity index is 1.55. The second kappa shape index (κ2) is 7.99. The molecular formula is C17H14ClN3O2S. The first-order valence-corrected chi connectivity index (χ1v) is 8.57. The molecule has 24 heavy (non-hydrogen) atoms. The molecule has 0 saturated carbocycles. The fraction of sp³-hybridized carbons (Fsp3) is 0.118. The van der Waals surface area contributed by atoms with E-state index in [1.807, 2.05) is 48.5 Å². The maximum atomic E-state index is 11.0. The quantitative estimate of drug-likeness (QED) is 0.656. The molecule has 1 saturated heterocycles. The van der Waals surface area contributed by atoms with Crippen LogP contribution in [-0.2, 0) is 11.4 Å². The van der Waals surface area contributed by atoms with Crippen LogP contribution in [0.3, 0.4) is 0 Å². The minimum absolute atomic E-state index is 0.0472. The van der Waals surface area contributed by atoms with Crippen LogP contribution in [0.2, 0.25) is 5.02 Å². The molecule has 2 aromatic carbocycles. The van der Waals surface area contributed by atoms with Gasteiger partial charge in [0.1, 0.15) is 12.4 Å². The first-order chi connectivity index (χ1) is 11.7. The van der Waals surface area contributed by atoms with Crippen molar-refractivity contribution in [2.75, 3.05) is 5.75 Å². The third kappa shape index (κ3) is 4.59. The highest BCUT2D eigenvalue weighted by Gasteiger charge is 2.15. The lowest BCUT2D eigenvalue weighted by Gasteiger charge is -2.07. The second-order valence-corrected chi connectivity index (χ2v) is 6.31. The third-order valence-electron chi connectivity index (χ3n) is 3.17. The molecule has 0 unspecified atom stereocenters. The number of thioether (sulfide) groups is 1. The van der Waals surface area contributed by atoms with Crippen molar-refractivity contribution in [1.82, 2.24) is 5.32 Å². The van der Waals surface area contributed by atoms with Crippen molar-refractivity contribution >= 4 is 40.7 Å². The molecular weight excluding hydrogens is 346 g/mol. The van der Waals surface area contributed by atoms with Gasteiger partial charge in [0.05, 0.1) is 12.0 Å². The summed E-state index contributed by atoms with van der Waals surface area (Å²) >= 11 is 7.44. The van der Waals surface area contributed by atoms with Crippen LogP contribution >= 0.6 is 23.4 Å². The SMILES string of the molecule is O=C1CSC(=N/N=C\c2ccc(OCc3ccccc3Cl)cc2)N1. The summed E-state index contributed by atoms with van der Waals surface area (Å²) in [4.78, 5) is 11.0. The van der Waals surface area contributed by atoms with Gasteiger partial charge in [-0.25, -0.2) is 0 Å². The van der Waals surface area contributed by atoms with Crippen molar-refractivity contribution in [3.63, 3.8) is 0 Å². The van der Waals surface area contributed by atoms with Gasteiger partial charge in [-0.3, -0.25) is 4.79 Å². The maximum absolute atomic E-state index is 11.0. The molecule has 0 aromatic heterocycles. The number of hydrogen-bond donors (Lipinski definition) is 1. The number of nitrogens with zero attached hydrogens (tertiary/aromatic N) is 2. The molecule has 122 valence electrons. The Morgan fingerprint density at radius 1 is 1.21 bits per heavy atom. The summed E-state index contributed by atoms with van der Waals surface area (Å²) in [5.74, 6) is 1.09. The van der Waals surface area contributed by atoms with Gasteiger partial charge in [0.25, 0.3) is 0 Å². The monoisotopic (exact) mass is 359 g/mol.